The first-order valence-electron chi connectivity index (χ1n) is 12.1. The van der Waals surface area contributed by atoms with Gasteiger partial charge in [-0.2, -0.15) is 0 Å². The Hall–Kier alpha value is -3.85. The van der Waals surface area contributed by atoms with Crippen LogP contribution in [0.3, 0.4) is 0 Å². The van der Waals surface area contributed by atoms with E-state index in [9.17, 15) is 18.6 Å². The Bertz CT molecular complexity index is 1280. The molecule has 8 nitrogen and oxygen atoms in total. The van der Waals surface area contributed by atoms with Gasteiger partial charge in [0.1, 0.15) is 6.10 Å². The van der Waals surface area contributed by atoms with Crippen molar-refractivity contribution in [2.45, 2.75) is 44.3 Å². The zero-order valence-corrected chi connectivity index (χ0v) is 22.6. The summed E-state index contributed by atoms with van der Waals surface area (Å²) < 4.78 is 29.5. The second-order valence-electron chi connectivity index (χ2n) is 8.80. The molecule has 0 fully saturated rings. The lowest BCUT2D eigenvalue weighted by atomic mass is 10.0. The van der Waals surface area contributed by atoms with E-state index in [1.54, 1.807) is 13.8 Å². The van der Waals surface area contributed by atoms with Crippen LogP contribution in [-0.2, 0) is 30.9 Å². The predicted molar refractivity (Wildman–Crippen MR) is 143 cm³/mol. The number of nitrogens with zero attached hydrogens (tertiary/aromatic N) is 1. The zero-order valence-electron chi connectivity index (χ0n) is 21.8. The smallest absolute Gasteiger partial charge is 0.309 e. The normalized spacial score (nSPS) is 14.0. The first-order chi connectivity index (χ1) is 18.2. The van der Waals surface area contributed by atoms with Crippen molar-refractivity contribution in [2.24, 2.45) is 5.92 Å². The number of pyridine rings is 1. The van der Waals surface area contributed by atoms with Gasteiger partial charge in [-0.25, -0.2) is 4.98 Å². The third-order valence-electron chi connectivity index (χ3n) is 5.78. The van der Waals surface area contributed by atoms with Crippen molar-refractivity contribution < 1.29 is 32.8 Å². The number of Topliss-reactive ketones (excluding diaryl/α,β-unsaturated/α-hetero) is 1. The summed E-state index contributed by atoms with van der Waals surface area (Å²) in [5.41, 5.74) is 1.59. The highest BCUT2D eigenvalue weighted by Gasteiger charge is 2.31. The van der Waals surface area contributed by atoms with Crippen LogP contribution in [-0.4, -0.2) is 40.1 Å². The molecular formula is C29H31NO7S. The summed E-state index contributed by atoms with van der Waals surface area (Å²) in [7, 11) is -0.0113. The lowest BCUT2D eigenvalue weighted by Gasteiger charge is -2.25. The summed E-state index contributed by atoms with van der Waals surface area (Å²) in [6.45, 7) is 4.47. The number of carbonyl (C=O) groups is 3. The Morgan fingerprint density at radius 3 is 2.18 bits per heavy atom. The fraction of sp³-hybridized carbons (Fsp3) is 0.310. The summed E-state index contributed by atoms with van der Waals surface area (Å²) in [5.74, 6) is -2.21. The van der Waals surface area contributed by atoms with Gasteiger partial charge in [-0.1, -0.05) is 67.6 Å². The van der Waals surface area contributed by atoms with Crippen LogP contribution in [0.1, 0.15) is 54.1 Å². The maximum Gasteiger partial charge on any atom is 0.309 e. The van der Waals surface area contributed by atoms with E-state index in [1.807, 2.05) is 60.7 Å². The Morgan fingerprint density at radius 2 is 1.58 bits per heavy atom. The Morgan fingerprint density at radius 1 is 0.947 bits per heavy atom. The molecule has 0 aliphatic rings. The fourth-order valence-electron chi connectivity index (χ4n) is 3.96. The van der Waals surface area contributed by atoms with Crippen LogP contribution < -0.4 is 9.47 Å². The van der Waals surface area contributed by atoms with Crippen molar-refractivity contribution >= 4 is 28.5 Å². The molecule has 38 heavy (non-hydrogen) atoms. The van der Waals surface area contributed by atoms with Gasteiger partial charge in [0.15, 0.2) is 17.2 Å². The molecule has 0 radical (unpaired) electrons. The molecule has 0 bridgehead atoms. The van der Waals surface area contributed by atoms with E-state index in [-0.39, 0.29) is 23.6 Å². The van der Waals surface area contributed by atoms with E-state index in [0.717, 1.165) is 11.1 Å². The zero-order chi connectivity index (χ0) is 27.7. The second-order valence-corrected chi connectivity index (χ2v) is 10.4. The largest absolute Gasteiger partial charge is 0.493 e. The van der Waals surface area contributed by atoms with Gasteiger partial charge in [-0.05, 0) is 18.1 Å². The molecule has 4 atom stereocenters. The molecule has 0 saturated carbocycles. The predicted octanol–water partition coefficient (Wildman–Crippen LogP) is 4.85. The van der Waals surface area contributed by atoms with E-state index >= 15 is 0 Å². The number of ether oxygens (including phenoxy) is 3. The molecule has 0 aliphatic heterocycles. The molecule has 1 unspecified atom stereocenters. The highest BCUT2D eigenvalue weighted by molar-refractivity contribution is 7.84. The standard InChI is InChI=1S/C29H31NO7S/c1-19(17-24(32)26-27(37-21(3)31)25(35-4)15-16-30-26)29(33)36-20(2)28(23-13-9-6-10-14-23)38(34)18-22-11-7-5-8-12-22/h5-16,19-20,28H,17-18H2,1-4H3/t19-,20+,28+,38?/m1/s1. The molecule has 0 saturated heterocycles. The van der Waals surface area contributed by atoms with Crippen molar-refractivity contribution in [1.82, 2.24) is 4.98 Å². The maximum atomic E-state index is 13.5. The molecule has 0 N–H and O–H groups in total. The average molecular weight is 538 g/mol. The van der Waals surface area contributed by atoms with Crippen LogP contribution in [0.2, 0.25) is 0 Å². The number of ketones is 1. The molecule has 0 aliphatic carbocycles. The lowest BCUT2D eigenvalue weighted by molar-refractivity contribution is -0.152. The van der Waals surface area contributed by atoms with Gasteiger partial charge in [-0.15, -0.1) is 0 Å². The first kappa shape index (κ1) is 28.7. The van der Waals surface area contributed by atoms with E-state index in [4.69, 9.17) is 14.2 Å². The topological polar surface area (TPSA) is 109 Å². The van der Waals surface area contributed by atoms with Crippen LogP contribution in [0.15, 0.2) is 72.9 Å². The fourth-order valence-corrected chi connectivity index (χ4v) is 5.60. The summed E-state index contributed by atoms with van der Waals surface area (Å²) in [6, 6.07) is 20.2. The van der Waals surface area contributed by atoms with E-state index < -0.39 is 45.8 Å². The summed E-state index contributed by atoms with van der Waals surface area (Å²) in [6.07, 6.45) is 0.401. The van der Waals surface area contributed by atoms with Crippen molar-refractivity contribution in [3.8, 4) is 11.5 Å². The lowest BCUT2D eigenvalue weighted by Crippen LogP contribution is -2.29. The van der Waals surface area contributed by atoms with Gasteiger partial charge >= 0.3 is 11.9 Å². The maximum absolute atomic E-state index is 13.5. The summed E-state index contributed by atoms with van der Waals surface area (Å²) in [4.78, 5) is 41.6. The summed E-state index contributed by atoms with van der Waals surface area (Å²) in [5, 5.41) is -0.570. The van der Waals surface area contributed by atoms with Crippen LogP contribution in [0, 0.1) is 5.92 Å². The number of esters is 2. The molecule has 3 rings (SSSR count). The van der Waals surface area contributed by atoms with Crippen molar-refractivity contribution in [3.05, 3.63) is 89.7 Å². The highest BCUT2D eigenvalue weighted by Crippen LogP contribution is 2.32. The molecule has 2 aromatic carbocycles. The second kappa shape index (κ2) is 13.6. The van der Waals surface area contributed by atoms with E-state index in [0.29, 0.717) is 5.75 Å². The Labute approximate surface area is 224 Å². The monoisotopic (exact) mass is 537 g/mol. The number of hydrogen-bond acceptors (Lipinski definition) is 8. The van der Waals surface area contributed by atoms with Gasteiger partial charge in [-0.3, -0.25) is 18.6 Å². The van der Waals surface area contributed by atoms with Gasteiger partial charge in [0, 0.05) is 42.2 Å². The van der Waals surface area contributed by atoms with Gasteiger partial charge in [0.05, 0.1) is 18.3 Å². The van der Waals surface area contributed by atoms with Gasteiger partial charge in [0.25, 0.3) is 0 Å². The van der Waals surface area contributed by atoms with Crippen molar-refractivity contribution in [1.29, 1.82) is 0 Å². The van der Waals surface area contributed by atoms with Gasteiger partial charge < -0.3 is 14.2 Å². The van der Waals surface area contributed by atoms with Crippen LogP contribution >= 0.6 is 0 Å². The number of rotatable bonds is 12. The Balaban J connectivity index is 1.74. The minimum Gasteiger partial charge on any atom is -0.493 e. The number of benzene rings is 2. The number of hydrogen-bond donors (Lipinski definition) is 0. The molecule has 3 aromatic rings. The van der Waals surface area contributed by atoms with E-state index in [2.05, 4.69) is 4.98 Å². The minimum absolute atomic E-state index is 0.0955. The molecule has 0 spiro atoms. The van der Waals surface area contributed by atoms with Crippen LogP contribution in [0.4, 0.5) is 0 Å². The number of carbonyl (C=O) groups excluding carboxylic acids is 3. The third kappa shape index (κ3) is 7.58. The van der Waals surface area contributed by atoms with Gasteiger partial charge in [0.2, 0.25) is 5.75 Å². The molecule has 1 heterocycles. The van der Waals surface area contributed by atoms with E-state index in [1.165, 1.54) is 26.3 Å². The number of aromatic nitrogens is 1. The van der Waals surface area contributed by atoms with Crippen molar-refractivity contribution in [2.75, 3.05) is 7.11 Å². The third-order valence-corrected chi connectivity index (χ3v) is 7.62. The molecule has 200 valence electrons. The molecule has 9 heteroatoms. The molecular weight excluding hydrogens is 506 g/mol. The molecule has 0 amide bonds. The minimum atomic E-state index is -1.39. The number of methoxy groups -OCH3 is 1. The van der Waals surface area contributed by atoms with Crippen LogP contribution in [0.25, 0.3) is 0 Å². The average Bonchev–Trinajstić information content (AvgIpc) is 2.89. The van der Waals surface area contributed by atoms with Crippen LogP contribution in [0.5, 0.6) is 11.5 Å². The van der Waals surface area contributed by atoms with Crippen molar-refractivity contribution in [3.63, 3.8) is 0 Å². The Kier molecular flexibility index (Phi) is 10.3. The summed E-state index contributed by atoms with van der Waals surface area (Å²) >= 11 is 0. The highest BCUT2D eigenvalue weighted by atomic mass is 32.2. The SMILES string of the molecule is COc1ccnc(C(=O)C[C@@H](C)C(=O)O[C@@H](C)[C@@H](c2ccccc2)S(=O)Cc2ccccc2)c1OC(C)=O. The quantitative estimate of drug-likeness (QED) is 0.238. The molecule has 1 aromatic heterocycles. The first-order valence-corrected chi connectivity index (χ1v) is 13.5.